The molecular weight excluding hydrogens is 449 g/mol. The first-order valence-electron chi connectivity index (χ1n) is 10.8. The van der Waals surface area contributed by atoms with Crippen molar-refractivity contribution in [2.24, 2.45) is 0 Å². The van der Waals surface area contributed by atoms with Gasteiger partial charge >= 0.3 is 0 Å². The number of thioether (sulfide) groups is 1. The maximum atomic E-state index is 13.2. The van der Waals surface area contributed by atoms with E-state index in [9.17, 15) is 14.0 Å². The topological polar surface area (TPSA) is 46.6 Å². The normalized spacial score (nSPS) is 14.9. The highest BCUT2D eigenvalue weighted by molar-refractivity contribution is 8.18. The fraction of sp³-hybridized carbons (Fsp3) is 0.0714. The average molecular weight is 470 g/mol. The van der Waals surface area contributed by atoms with Crippen molar-refractivity contribution in [3.8, 4) is 5.75 Å². The number of hydrogen-bond acceptors (Lipinski definition) is 4. The van der Waals surface area contributed by atoms with E-state index in [1.807, 2.05) is 66.7 Å². The fourth-order valence-electron chi connectivity index (χ4n) is 3.83. The Morgan fingerprint density at radius 3 is 2.35 bits per heavy atom. The zero-order valence-corrected chi connectivity index (χ0v) is 18.9. The maximum absolute atomic E-state index is 13.2. The highest BCUT2D eigenvalue weighted by atomic mass is 32.2. The number of hydrogen-bond donors (Lipinski definition) is 0. The van der Waals surface area contributed by atoms with Gasteiger partial charge in [0.2, 0.25) is 0 Å². The summed E-state index contributed by atoms with van der Waals surface area (Å²) < 4.78 is 19.4. The SMILES string of the molecule is O=C1S/C(=C/c2c(OCc3ccccc3)ccc3ccccc23)C(=O)N1Cc1ccc(F)cc1. The molecule has 5 rings (SSSR count). The third-order valence-corrected chi connectivity index (χ3v) is 6.48. The number of imide groups is 1. The molecule has 0 radical (unpaired) electrons. The van der Waals surface area contributed by atoms with Gasteiger partial charge in [-0.05, 0) is 57.9 Å². The Morgan fingerprint density at radius 1 is 0.824 bits per heavy atom. The molecule has 4 aromatic rings. The largest absolute Gasteiger partial charge is 0.488 e. The summed E-state index contributed by atoms with van der Waals surface area (Å²) in [7, 11) is 0. The summed E-state index contributed by atoms with van der Waals surface area (Å²) in [5.74, 6) is -0.106. The van der Waals surface area contributed by atoms with Crippen molar-refractivity contribution >= 4 is 39.8 Å². The van der Waals surface area contributed by atoms with Crippen molar-refractivity contribution in [3.05, 3.63) is 118 Å². The van der Waals surface area contributed by atoms with Crippen molar-refractivity contribution in [1.82, 2.24) is 4.90 Å². The Hall–Kier alpha value is -3.90. The van der Waals surface area contributed by atoms with Crippen LogP contribution in [-0.2, 0) is 17.9 Å². The molecule has 0 unspecified atom stereocenters. The molecule has 1 saturated heterocycles. The van der Waals surface area contributed by atoms with Crippen LogP contribution in [0.1, 0.15) is 16.7 Å². The first-order valence-corrected chi connectivity index (χ1v) is 11.6. The monoisotopic (exact) mass is 469 g/mol. The second kappa shape index (κ2) is 9.53. The lowest BCUT2D eigenvalue weighted by molar-refractivity contribution is -0.123. The van der Waals surface area contributed by atoms with Gasteiger partial charge in [-0.2, -0.15) is 0 Å². The van der Waals surface area contributed by atoms with Crippen LogP contribution in [0.4, 0.5) is 9.18 Å². The zero-order chi connectivity index (χ0) is 23.5. The van der Waals surface area contributed by atoms with E-state index in [4.69, 9.17) is 4.74 Å². The van der Waals surface area contributed by atoms with Crippen LogP contribution < -0.4 is 4.74 Å². The smallest absolute Gasteiger partial charge is 0.293 e. The van der Waals surface area contributed by atoms with Crippen molar-refractivity contribution in [2.45, 2.75) is 13.2 Å². The Balaban J connectivity index is 1.47. The summed E-state index contributed by atoms with van der Waals surface area (Å²) in [6.45, 7) is 0.473. The summed E-state index contributed by atoms with van der Waals surface area (Å²) >= 11 is 0.900. The van der Waals surface area contributed by atoms with E-state index < -0.39 is 0 Å². The number of carbonyl (C=O) groups excluding carboxylic acids is 2. The summed E-state index contributed by atoms with van der Waals surface area (Å²) in [5, 5.41) is 1.58. The number of fused-ring (bicyclic) bond motifs is 1. The van der Waals surface area contributed by atoms with Crippen LogP contribution in [0.5, 0.6) is 5.75 Å². The number of ether oxygens (including phenoxy) is 1. The number of carbonyl (C=O) groups is 2. The van der Waals surface area contributed by atoms with Gasteiger partial charge in [0.25, 0.3) is 11.1 Å². The first kappa shape index (κ1) is 21.9. The Morgan fingerprint density at radius 2 is 1.56 bits per heavy atom. The summed E-state index contributed by atoms with van der Waals surface area (Å²) in [6.07, 6.45) is 1.73. The zero-order valence-electron chi connectivity index (χ0n) is 18.1. The quantitative estimate of drug-likeness (QED) is 0.292. The molecule has 0 bridgehead atoms. The van der Waals surface area contributed by atoms with Gasteiger partial charge in [-0.25, -0.2) is 4.39 Å². The molecule has 1 fully saturated rings. The molecule has 0 saturated carbocycles. The standard InChI is InChI=1S/C28H20FNO3S/c29-22-13-10-19(11-14-22)17-30-27(31)26(34-28(30)32)16-24-23-9-5-4-8-21(23)12-15-25(24)33-18-20-6-2-1-3-7-20/h1-16H,17-18H2/b26-16+. The van der Waals surface area contributed by atoms with Gasteiger partial charge in [0, 0.05) is 5.56 Å². The van der Waals surface area contributed by atoms with E-state index in [-0.39, 0.29) is 23.5 Å². The lowest BCUT2D eigenvalue weighted by Crippen LogP contribution is -2.27. The van der Waals surface area contributed by atoms with Gasteiger partial charge in [0.1, 0.15) is 18.2 Å². The minimum absolute atomic E-state index is 0.0924. The van der Waals surface area contributed by atoms with Crippen molar-refractivity contribution in [2.75, 3.05) is 0 Å². The minimum Gasteiger partial charge on any atom is -0.488 e. The predicted molar refractivity (Wildman–Crippen MR) is 133 cm³/mol. The van der Waals surface area contributed by atoms with Gasteiger partial charge in [0.15, 0.2) is 0 Å². The first-order chi connectivity index (χ1) is 16.6. The van der Waals surface area contributed by atoms with Crippen LogP contribution in [0.3, 0.4) is 0 Å². The number of benzene rings is 4. The molecule has 0 atom stereocenters. The van der Waals surface area contributed by atoms with Gasteiger partial charge in [-0.1, -0.05) is 72.8 Å². The molecule has 0 aromatic heterocycles. The fourth-order valence-corrected chi connectivity index (χ4v) is 4.65. The molecule has 0 spiro atoms. The van der Waals surface area contributed by atoms with Gasteiger partial charge < -0.3 is 4.74 Å². The Kier molecular flexibility index (Phi) is 6.14. The molecule has 1 aliphatic rings. The molecule has 1 aliphatic heterocycles. The maximum Gasteiger partial charge on any atom is 0.293 e. The predicted octanol–water partition coefficient (Wildman–Crippen LogP) is 6.79. The minimum atomic E-state index is -0.374. The van der Waals surface area contributed by atoms with E-state index in [1.165, 1.54) is 17.0 Å². The Labute approximate surface area is 200 Å². The molecular formula is C28H20FNO3S. The van der Waals surface area contributed by atoms with Crippen molar-refractivity contribution < 1.29 is 18.7 Å². The molecule has 1 heterocycles. The number of halogens is 1. The van der Waals surface area contributed by atoms with E-state index >= 15 is 0 Å². The van der Waals surface area contributed by atoms with E-state index in [0.717, 1.165) is 33.7 Å². The highest BCUT2D eigenvalue weighted by Crippen LogP contribution is 2.37. The van der Waals surface area contributed by atoms with Crippen molar-refractivity contribution in [1.29, 1.82) is 0 Å². The van der Waals surface area contributed by atoms with E-state index in [0.29, 0.717) is 22.8 Å². The second-order valence-corrected chi connectivity index (χ2v) is 8.86. The van der Waals surface area contributed by atoms with Crippen LogP contribution in [-0.4, -0.2) is 16.0 Å². The summed E-state index contributed by atoms with van der Waals surface area (Å²) in [6, 6.07) is 27.3. The van der Waals surface area contributed by atoms with E-state index in [2.05, 4.69) is 0 Å². The van der Waals surface area contributed by atoms with Crippen LogP contribution >= 0.6 is 11.8 Å². The average Bonchev–Trinajstić information content (AvgIpc) is 3.12. The van der Waals surface area contributed by atoms with Crippen molar-refractivity contribution in [3.63, 3.8) is 0 Å². The summed E-state index contributed by atoms with van der Waals surface area (Å²) in [5.41, 5.74) is 2.46. The highest BCUT2D eigenvalue weighted by Gasteiger charge is 2.35. The van der Waals surface area contributed by atoms with Crippen LogP contribution in [0.15, 0.2) is 95.9 Å². The molecule has 0 aliphatic carbocycles. The molecule has 0 N–H and O–H groups in total. The molecule has 4 aromatic carbocycles. The number of amides is 2. The lowest BCUT2D eigenvalue weighted by atomic mass is 10.0. The molecule has 2 amide bonds. The molecule has 4 nitrogen and oxygen atoms in total. The molecule has 6 heteroatoms. The number of rotatable bonds is 6. The lowest BCUT2D eigenvalue weighted by Gasteiger charge is -2.13. The Bertz CT molecular complexity index is 1400. The van der Waals surface area contributed by atoms with Crippen LogP contribution in [0, 0.1) is 5.82 Å². The van der Waals surface area contributed by atoms with Gasteiger partial charge in [-0.3, -0.25) is 14.5 Å². The van der Waals surface area contributed by atoms with E-state index in [1.54, 1.807) is 18.2 Å². The summed E-state index contributed by atoms with van der Waals surface area (Å²) in [4.78, 5) is 27.3. The van der Waals surface area contributed by atoms with Gasteiger partial charge in [0.05, 0.1) is 11.4 Å². The van der Waals surface area contributed by atoms with Crippen LogP contribution in [0.25, 0.3) is 16.8 Å². The second-order valence-electron chi connectivity index (χ2n) is 7.87. The number of nitrogens with zero attached hydrogens (tertiary/aromatic N) is 1. The molecule has 168 valence electrons. The molecule has 34 heavy (non-hydrogen) atoms. The third kappa shape index (κ3) is 4.58. The van der Waals surface area contributed by atoms with Crippen LogP contribution in [0.2, 0.25) is 0 Å². The van der Waals surface area contributed by atoms with Gasteiger partial charge in [-0.15, -0.1) is 0 Å². The third-order valence-electron chi connectivity index (χ3n) is 5.57.